The molecule has 36 heavy (non-hydrogen) atoms. The minimum absolute atomic E-state index is 0.0790. The highest BCUT2D eigenvalue weighted by Gasteiger charge is 2.44. The van der Waals surface area contributed by atoms with E-state index in [2.05, 4.69) is 32.6 Å². The molecule has 0 fully saturated rings. The molecule has 2 atom stereocenters. The third-order valence-electron chi connectivity index (χ3n) is 5.23. The number of hydrogen-bond donors (Lipinski definition) is 2. The van der Waals surface area contributed by atoms with Gasteiger partial charge in [-0.1, -0.05) is 51.4 Å². The smallest absolute Gasteiger partial charge is 0.337 e. The lowest BCUT2D eigenvalue weighted by Crippen LogP contribution is -2.44. The average molecular weight is 593 g/mol. The zero-order valence-electron chi connectivity index (χ0n) is 19.0. The van der Waals surface area contributed by atoms with Crippen molar-refractivity contribution in [1.29, 1.82) is 5.26 Å². The number of nitrogens with one attached hydrogen (secondary N) is 2. The van der Waals surface area contributed by atoms with Crippen LogP contribution in [-0.2, 0) is 23.9 Å². The summed E-state index contributed by atoms with van der Waals surface area (Å²) in [6.07, 6.45) is 0. The van der Waals surface area contributed by atoms with E-state index in [1.54, 1.807) is 18.2 Å². The third kappa shape index (κ3) is 6.07. The summed E-state index contributed by atoms with van der Waals surface area (Å²) in [5.41, 5.74) is 1.18. The van der Waals surface area contributed by atoms with Crippen molar-refractivity contribution in [3.63, 3.8) is 0 Å². The highest BCUT2D eigenvalue weighted by atomic mass is 79.9. The molecule has 2 N–H and O–H groups in total. The molecule has 0 aromatic heterocycles. The lowest BCUT2D eigenvalue weighted by atomic mass is 9.78. The number of thioether (sulfide) groups is 1. The molecule has 1 heterocycles. The van der Waals surface area contributed by atoms with E-state index in [4.69, 9.17) is 21.1 Å². The van der Waals surface area contributed by atoms with Gasteiger partial charge in [0.1, 0.15) is 5.92 Å². The zero-order chi connectivity index (χ0) is 26.4. The van der Waals surface area contributed by atoms with Gasteiger partial charge in [0.2, 0.25) is 11.8 Å². The first-order valence-electron chi connectivity index (χ1n) is 10.3. The van der Waals surface area contributed by atoms with Crippen molar-refractivity contribution < 1.29 is 28.7 Å². The molecule has 0 unspecified atom stereocenters. The van der Waals surface area contributed by atoms with Gasteiger partial charge in [-0.25, -0.2) is 4.79 Å². The summed E-state index contributed by atoms with van der Waals surface area (Å²) < 4.78 is 10.3. The van der Waals surface area contributed by atoms with E-state index >= 15 is 0 Å². The van der Waals surface area contributed by atoms with Crippen LogP contribution in [0.25, 0.3) is 0 Å². The Morgan fingerprint density at radius 3 is 2.44 bits per heavy atom. The zero-order valence-corrected chi connectivity index (χ0v) is 22.1. The maximum Gasteiger partial charge on any atom is 0.337 e. The standard InChI is InChI=1S/C24H19BrClN3O6S/c1-34-23(32)13-5-3-12(4-6-13)19-15(10-27)22(29-21(31)20(19)24(33)35-2)36-11-18(30)28-17-8-7-14(25)9-16(17)26/h3-9,19-20H,11H2,1-2H3,(H,28,30)(H,29,31)/t19-,20-/m0/s1. The quantitative estimate of drug-likeness (QED) is 0.364. The number of benzene rings is 2. The van der Waals surface area contributed by atoms with Gasteiger partial charge in [0.05, 0.1) is 52.9 Å². The van der Waals surface area contributed by atoms with Gasteiger partial charge in [-0.2, -0.15) is 5.26 Å². The molecule has 2 aromatic rings. The fourth-order valence-electron chi connectivity index (χ4n) is 3.54. The van der Waals surface area contributed by atoms with Crippen LogP contribution in [0.2, 0.25) is 5.02 Å². The molecule has 0 saturated carbocycles. The van der Waals surface area contributed by atoms with E-state index in [9.17, 15) is 24.4 Å². The summed E-state index contributed by atoms with van der Waals surface area (Å²) in [6.45, 7) is 0. The monoisotopic (exact) mass is 591 g/mol. The van der Waals surface area contributed by atoms with Crippen LogP contribution in [0, 0.1) is 17.2 Å². The first-order chi connectivity index (χ1) is 17.2. The third-order valence-corrected chi connectivity index (χ3v) is 7.05. The predicted molar refractivity (Wildman–Crippen MR) is 137 cm³/mol. The molecule has 186 valence electrons. The number of amides is 2. The molecule has 1 aliphatic heterocycles. The number of carbonyl (C=O) groups excluding carboxylic acids is 4. The van der Waals surface area contributed by atoms with Gasteiger partial charge in [-0.3, -0.25) is 14.4 Å². The number of allylic oxidation sites excluding steroid dienone is 1. The van der Waals surface area contributed by atoms with Gasteiger partial charge in [0, 0.05) is 10.4 Å². The second kappa shape index (κ2) is 12.1. The van der Waals surface area contributed by atoms with E-state index in [-0.39, 0.29) is 21.9 Å². The minimum atomic E-state index is -1.34. The lowest BCUT2D eigenvalue weighted by molar-refractivity contribution is -0.150. The van der Waals surface area contributed by atoms with Gasteiger partial charge in [-0.05, 0) is 35.9 Å². The van der Waals surface area contributed by atoms with E-state index in [0.717, 1.165) is 23.3 Å². The molecule has 3 rings (SSSR count). The van der Waals surface area contributed by atoms with Gasteiger partial charge >= 0.3 is 11.9 Å². The summed E-state index contributed by atoms with van der Waals surface area (Å²) in [4.78, 5) is 49.7. The van der Waals surface area contributed by atoms with Crippen LogP contribution in [-0.4, -0.2) is 43.7 Å². The SMILES string of the molecule is COC(=O)c1ccc([C@H]2C(C#N)=C(SCC(=O)Nc3ccc(Br)cc3Cl)NC(=O)[C@H]2C(=O)OC)cc1. The second-order valence-corrected chi connectivity index (χ2v) is 9.71. The number of methoxy groups -OCH3 is 2. The molecule has 2 aromatic carbocycles. The summed E-state index contributed by atoms with van der Waals surface area (Å²) in [7, 11) is 2.39. The van der Waals surface area contributed by atoms with Crippen molar-refractivity contribution in [1.82, 2.24) is 5.32 Å². The number of rotatable bonds is 7. The summed E-state index contributed by atoms with van der Waals surface area (Å²) in [5.74, 6) is -4.96. The number of hydrogen-bond acceptors (Lipinski definition) is 8. The van der Waals surface area contributed by atoms with Gasteiger partial charge in [0.25, 0.3) is 0 Å². The Morgan fingerprint density at radius 2 is 1.86 bits per heavy atom. The Morgan fingerprint density at radius 1 is 1.17 bits per heavy atom. The molecule has 9 nitrogen and oxygen atoms in total. The molecule has 0 saturated heterocycles. The average Bonchev–Trinajstić information content (AvgIpc) is 2.87. The van der Waals surface area contributed by atoms with Crippen molar-refractivity contribution in [2.75, 3.05) is 25.3 Å². The van der Waals surface area contributed by atoms with Crippen molar-refractivity contribution in [2.45, 2.75) is 5.92 Å². The Balaban J connectivity index is 1.91. The second-order valence-electron chi connectivity index (χ2n) is 7.40. The molecular weight excluding hydrogens is 574 g/mol. The molecular formula is C24H19BrClN3O6S. The molecule has 0 spiro atoms. The molecule has 1 aliphatic rings. The van der Waals surface area contributed by atoms with Gasteiger partial charge < -0.3 is 20.1 Å². The van der Waals surface area contributed by atoms with Crippen molar-refractivity contribution >= 4 is 68.7 Å². The number of halogens is 2. The fraction of sp³-hybridized carbons (Fsp3) is 0.208. The Hall–Kier alpha value is -3.33. The molecule has 0 aliphatic carbocycles. The number of esters is 2. The van der Waals surface area contributed by atoms with Crippen LogP contribution in [0.5, 0.6) is 0 Å². The molecule has 0 radical (unpaired) electrons. The maximum atomic E-state index is 12.9. The van der Waals surface area contributed by atoms with Crippen LogP contribution >= 0.6 is 39.3 Å². The van der Waals surface area contributed by atoms with Crippen LogP contribution in [0.15, 0.2) is 57.5 Å². The highest BCUT2D eigenvalue weighted by Crippen LogP contribution is 2.40. The minimum Gasteiger partial charge on any atom is -0.468 e. The summed E-state index contributed by atoms with van der Waals surface area (Å²) in [6, 6.07) is 13.0. The van der Waals surface area contributed by atoms with Crippen LogP contribution in [0.1, 0.15) is 21.8 Å². The number of carbonyl (C=O) groups is 4. The highest BCUT2D eigenvalue weighted by molar-refractivity contribution is 9.10. The largest absolute Gasteiger partial charge is 0.468 e. The normalized spacial score (nSPS) is 17.0. The Bertz CT molecular complexity index is 1290. The van der Waals surface area contributed by atoms with Crippen molar-refractivity contribution in [2.24, 2.45) is 5.92 Å². The number of ether oxygens (including phenoxy) is 2. The predicted octanol–water partition coefficient (Wildman–Crippen LogP) is 4.00. The van der Waals surface area contributed by atoms with E-state index in [1.807, 2.05) is 0 Å². The van der Waals surface area contributed by atoms with E-state index < -0.39 is 35.6 Å². The Labute approximate surface area is 224 Å². The molecule has 0 bridgehead atoms. The van der Waals surface area contributed by atoms with Crippen molar-refractivity contribution in [3.05, 3.63) is 73.7 Å². The summed E-state index contributed by atoms with van der Waals surface area (Å²) in [5, 5.41) is 15.7. The number of anilines is 1. The van der Waals surface area contributed by atoms with Crippen LogP contribution in [0.3, 0.4) is 0 Å². The van der Waals surface area contributed by atoms with Crippen molar-refractivity contribution in [3.8, 4) is 6.07 Å². The van der Waals surface area contributed by atoms with E-state index in [0.29, 0.717) is 16.3 Å². The topological polar surface area (TPSA) is 135 Å². The fourth-order valence-corrected chi connectivity index (χ4v) is 5.11. The van der Waals surface area contributed by atoms with Gasteiger partial charge in [-0.15, -0.1) is 0 Å². The summed E-state index contributed by atoms with van der Waals surface area (Å²) >= 11 is 10.4. The van der Waals surface area contributed by atoms with Crippen LogP contribution < -0.4 is 10.6 Å². The first kappa shape index (κ1) is 27.3. The van der Waals surface area contributed by atoms with E-state index in [1.165, 1.54) is 31.4 Å². The maximum absolute atomic E-state index is 12.9. The number of nitriles is 1. The molecule has 12 heteroatoms. The first-order valence-corrected chi connectivity index (χ1v) is 12.4. The number of nitrogens with zero attached hydrogens (tertiary/aromatic N) is 1. The Kier molecular flexibility index (Phi) is 9.14. The van der Waals surface area contributed by atoms with Crippen LogP contribution in [0.4, 0.5) is 5.69 Å². The van der Waals surface area contributed by atoms with Gasteiger partial charge in [0.15, 0.2) is 0 Å². The molecule has 2 amide bonds. The lowest BCUT2D eigenvalue weighted by Gasteiger charge is -2.31.